The first-order valence-electron chi connectivity index (χ1n) is 4.83. The van der Waals surface area contributed by atoms with E-state index in [-0.39, 0.29) is 22.8 Å². The van der Waals surface area contributed by atoms with Gasteiger partial charge in [-0.3, -0.25) is 4.99 Å². The predicted molar refractivity (Wildman–Crippen MR) is 66.8 cm³/mol. The van der Waals surface area contributed by atoms with Crippen LogP contribution in [0.2, 0.25) is 5.02 Å². The molecule has 1 N–H and O–H groups in total. The first-order valence-corrected chi connectivity index (χ1v) is 5.21. The van der Waals surface area contributed by atoms with Crippen LogP contribution in [0.1, 0.15) is 5.56 Å². The van der Waals surface area contributed by atoms with Gasteiger partial charge in [0.15, 0.2) is 0 Å². The van der Waals surface area contributed by atoms with Gasteiger partial charge in [-0.2, -0.15) is 0 Å². The van der Waals surface area contributed by atoms with Crippen LogP contribution in [0.25, 0.3) is 0 Å². The Kier molecular flexibility index (Phi) is 5.23. The Morgan fingerprint density at radius 2 is 1.65 bits per heavy atom. The van der Waals surface area contributed by atoms with Crippen LogP contribution in [0.5, 0.6) is 5.75 Å². The molecule has 0 unspecified atom stereocenters. The van der Waals surface area contributed by atoms with E-state index in [1.807, 2.05) is 18.2 Å². The summed E-state index contributed by atoms with van der Waals surface area (Å²) in [5, 5.41) is 10.2. The summed E-state index contributed by atoms with van der Waals surface area (Å²) in [5.74, 6) is 0.222. The van der Waals surface area contributed by atoms with Crippen molar-refractivity contribution in [3.8, 4) is 5.75 Å². The normalized spacial score (nSPS) is 10.2. The molecule has 2 rings (SSSR count). The maximum absolute atomic E-state index is 9.52. The molecule has 91 valence electrons. The maximum atomic E-state index is 9.52. The number of phenols is 1. The minimum absolute atomic E-state index is 0. The van der Waals surface area contributed by atoms with Gasteiger partial charge in [-0.15, -0.1) is 0 Å². The molecule has 0 saturated heterocycles. The van der Waals surface area contributed by atoms with E-state index >= 15 is 0 Å². The first-order chi connectivity index (χ1) is 7.75. The summed E-state index contributed by atoms with van der Waals surface area (Å²) in [5.41, 5.74) is 1.49. The van der Waals surface area contributed by atoms with Gasteiger partial charge in [-0.25, -0.2) is 0 Å². The summed E-state index contributed by atoms with van der Waals surface area (Å²) in [6.45, 7) is 0. The third-order valence-corrected chi connectivity index (χ3v) is 2.37. The minimum atomic E-state index is 0. The van der Waals surface area contributed by atoms with Crippen molar-refractivity contribution in [2.75, 3.05) is 0 Å². The van der Waals surface area contributed by atoms with Crippen molar-refractivity contribution >= 4 is 23.5 Å². The Bertz CT molecular complexity index is 511. The summed E-state index contributed by atoms with van der Waals surface area (Å²) in [6, 6.07) is 14.2. The SMILES string of the molecule is Oc1ccccc1C=Nc1ccc(Cl)cc1.[Cu]. The van der Waals surface area contributed by atoms with E-state index in [1.54, 1.807) is 36.5 Å². The summed E-state index contributed by atoms with van der Waals surface area (Å²) in [6.07, 6.45) is 1.62. The molecule has 2 aromatic rings. The fourth-order valence-electron chi connectivity index (χ4n) is 1.27. The fourth-order valence-corrected chi connectivity index (χ4v) is 1.39. The third kappa shape index (κ3) is 3.90. The van der Waals surface area contributed by atoms with Crippen molar-refractivity contribution < 1.29 is 22.2 Å². The largest absolute Gasteiger partial charge is 0.507 e. The second-order valence-corrected chi connectivity index (χ2v) is 3.73. The second kappa shape index (κ2) is 6.45. The van der Waals surface area contributed by atoms with Gasteiger partial charge in [-0.1, -0.05) is 23.7 Å². The molecule has 0 heterocycles. The van der Waals surface area contributed by atoms with Crippen molar-refractivity contribution in [1.29, 1.82) is 0 Å². The van der Waals surface area contributed by atoms with Crippen molar-refractivity contribution in [2.45, 2.75) is 0 Å². The molecule has 4 heteroatoms. The summed E-state index contributed by atoms with van der Waals surface area (Å²) in [4.78, 5) is 4.23. The van der Waals surface area contributed by atoms with Crippen LogP contribution in [0.3, 0.4) is 0 Å². The fraction of sp³-hybridized carbons (Fsp3) is 0. The standard InChI is InChI=1S/C13H10ClNO.Cu/c14-11-5-7-12(8-6-11)15-9-10-3-1-2-4-13(10)16;/h1-9,16H;. The number of phenolic OH excluding ortho intramolecular Hbond substituents is 1. The molecule has 0 amide bonds. The molecule has 17 heavy (non-hydrogen) atoms. The number of aromatic hydroxyl groups is 1. The van der Waals surface area contributed by atoms with Crippen LogP contribution >= 0.6 is 11.6 Å². The minimum Gasteiger partial charge on any atom is -0.507 e. The van der Waals surface area contributed by atoms with Crippen molar-refractivity contribution in [3.63, 3.8) is 0 Å². The molecule has 0 aliphatic heterocycles. The molecule has 0 fully saturated rings. The van der Waals surface area contributed by atoms with Gasteiger partial charge in [0, 0.05) is 33.9 Å². The van der Waals surface area contributed by atoms with E-state index in [0.717, 1.165) is 5.69 Å². The maximum Gasteiger partial charge on any atom is 0.124 e. The van der Waals surface area contributed by atoms with E-state index in [4.69, 9.17) is 11.6 Å². The zero-order valence-electron chi connectivity index (χ0n) is 8.77. The van der Waals surface area contributed by atoms with Gasteiger partial charge in [0.1, 0.15) is 5.75 Å². The summed E-state index contributed by atoms with van der Waals surface area (Å²) < 4.78 is 0. The quantitative estimate of drug-likeness (QED) is 0.663. The molecule has 2 nitrogen and oxygen atoms in total. The number of rotatable bonds is 2. The van der Waals surface area contributed by atoms with Crippen molar-refractivity contribution in [1.82, 2.24) is 0 Å². The molecule has 0 atom stereocenters. The molecule has 1 radical (unpaired) electrons. The van der Waals surface area contributed by atoms with Gasteiger partial charge < -0.3 is 5.11 Å². The first kappa shape index (κ1) is 13.8. The Morgan fingerprint density at radius 1 is 1.00 bits per heavy atom. The van der Waals surface area contributed by atoms with Crippen LogP contribution in [0.15, 0.2) is 53.5 Å². The molecule has 0 aliphatic rings. The monoisotopic (exact) mass is 294 g/mol. The molecule has 0 spiro atoms. The number of hydrogen-bond acceptors (Lipinski definition) is 2. The van der Waals surface area contributed by atoms with Crippen molar-refractivity contribution in [2.24, 2.45) is 4.99 Å². The van der Waals surface area contributed by atoms with E-state index in [2.05, 4.69) is 4.99 Å². The van der Waals surface area contributed by atoms with Gasteiger partial charge >= 0.3 is 0 Å². The number of benzene rings is 2. The van der Waals surface area contributed by atoms with Gasteiger partial charge in [0.05, 0.1) is 5.69 Å². The van der Waals surface area contributed by atoms with Crippen LogP contribution in [0.4, 0.5) is 5.69 Å². The van der Waals surface area contributed by atoms with Gasteiger partial charge in [0.25, 0.3) is 0 Å². The molecular formula is C13H10ClCuNO. The molecular weight excluding hydrogens is 285 g/mol. The predicted octanol–water partition coefficient (Wildman–Crippen LogP) is 3.79. The number of hydrogen-bond donors (Lipinski definition) is 1. The topological polar surface area (TPSA) is 32.6 Å². The van der Waals surface area contributed by atoms with E-state index < -0.39 is 0 Å². The molecule has 0 aromatic heterocycles. The van der Waals surface area contributed by atoms with Crippen LogP contribution in [-0.4, -0.2) is 11.3 Å². The Labute approximate surface area is 115 Å². The average molecular weight is 295 g/mol. The van der Waals surface area contributed by atoms with E-state index in [1.165, 1.54) is 0 Å². The number of para-hydroxylation sites is 1. The summed E-state index contributed by atoms with van der Waals surface area (Å²) >= 11 is 5.76. The van der Waals surface area contributed by atoms with Crippen LogP contribution in [-0.2, 0) is 17.1 Å². The van der Waals surface area contributed by atoms with Gasteiger partial charge in [0.2, 0.25) is 0 Å². The third-order valence-electron chi connectivity index (χ3n) is 2.12. The number of aliphatic imine (C=N–C) groups is 1. The Hall–Kier alpha value is -1.28. The molecule has 0 saturated carbocycles. The molecule has 0 bridgehead atoms. The van der Waals surface area contributed by atoms with Gasteiger partial charge in [-0.05, 0) is 36.4 Å². The Morgan fingerprint density at radius 3 is 2.29 bits per heavy atom. The zero-order chi connectivity index (χ0) is 11.4. The smallest absolute Gasteiger partial charge is 0.124 e. The van der Waals surface area contributed by atoms with E-state index in [0.29, 0.717) is 10.6 Å². The van der Waals surface area contributed by atoms with Crippen LogP contribution in [0, 0.1) is 0 Å². The second-order valence-electron chi connectivity index (χ2n) is 3.29. The molecule has 0 aliphatic carbocycles. The molecule has 2 aromatic carbocycles. The number of halogens is 1. The summed E-state index contributed by atoms with van der Waals surface area (Å²) in [7, 11) is 0. The average Bonchev–Trinajstić information content (AvgIpc) is 2.30. The van der Waals surface area contributed by atoms with E-state index in [9.17, 15) is 5.11 Å². The zero-order valence-corrected chi connectivity index (χ0v) is 10.5. The number of nitrogens with zero attached hydrogens (tertiary/aromatic N) is 1. The van der Waals surface area contributed by atoms with Crippen molar-refractivity contribution in [3.05, 3.63) is 59.1 Å². The Balaban J connectivity index is 0.00000144. The van der Waals surface area contributed by atoms with Crippen LogP contribution < -0.4 is 0 Å².